The van der Waals surface area contributed by atoms with E-state index in [1.807, 2.05) is 0 Å². The molecule has 1 unspecified atom stereocenters. The van der Waals surface area contributed by atoms with Crippen LogP contribution in [0, 0.1) is 0 Å². The fourth-order valence-corrected chi connectivity index (χ4v) is 3.57. The van der Waals surface area contributed by atoms with Gasteiger partial charge in [-0.1, -0.05) is 0 Å². The van der Waals surface area contributed by atoms with Crippen molar-refractivity contribution < 1.29 is 27.4 Å². The topological polar surface area (TPSA) is 134 Å². The molecule has 0 saturated heterocycles. The fourth-order valence-electron chi connectivity index (χ4n) is 3.57. The Labute approximate surface area is 174 Å². The number of rotatable bonds is 4. The lowest BCUT2D eigenvalue weighted by Crippen LogP contribution is -2.40. The summed E-state index contributed by atoms with van der Waals surface area (Å²) in [6, 6.07) is 3.19. The van der Waals surface area contributed by atoms with Gasteiger partial charge in [0.25, 0.3) is 5.91 Å². The molecule has 0 spiro atoms. The van der Waals surface area contributed by atoms with Crippen molar-refractivity contribution >= 4 is 11.9 Å². The van der Waals surface area contributed by atoms with Crippen LogP contribution >= 0.6 is 0 Å². The second-order valence-corrected chi connectivity index (χ2v) is 6.85. The molecule has 2 aromatic rings. The summed E-state index contributed by atoms with van der Waals surface area (Å²) in [5.74, 6) is 4.29. The van der Waals surface area contributed by atoms with Crippen LogP contribution in [0.1, 0.15) is 28.4 Å². The van der Waals surface area contributed by atoms with Gasteiger partial charge >= 0.3 is 6.18 Å². The molecule has 0 saturated carbocycles. The number of fused-ring (bicyclic) bond motifs is 3. The minimum absolute atomic E-state index is 0.00146. The first-order chi connectivity index (χ1) is 14.6. The highest BCUT2D eigenvalue weighted by molar-refractivity contribution is 6.05. The Morgan fingerprint density at radius 3 is 2.48 bits per heavy atom. The van der Waals surface area contributed by atoms with Gasteiger partial charge in [0.2, 0.25) is 5.96 Å². The highest BCUT2D eigenvalue weighted by atomic mass is 19.4. The lowest BCUT2D eigenvalue weighted by Gasteiger charge is -2.32. The molecule has 31 heavy (non-hydrogen) atoms. The van der Waals surface area contributed by atoms with Gasteiger partial charge in [0.1, 0.15) is 5.56 Å². The number of carbonyl (C=O) groups is 1. The number of aromatic nitrogens is 1. The number of ether oxygens (including phenoxy) is 2. The third-order valence-electron chi connectivity index (χ3n) is 4.91. The van der Waals surface area contributed by atoms with Crippen LogP contribution in [0.3, 0.4) is 0 Å². The summed E-state index contributed by atoms with van der Waals surface area (Å²) in [5, 5.41) is 5.18. The largest absolute Gasteiger partial charge is 0.493 e. The zero-order valence-electron chi connectivity index (χ0n) is 16.6. The Balaban J connectivity index is 2.21. The van der Waals surface area contributed by atoms with E-state index in [4.69, 9.17) is 21.1 Å². The lowest BCUT2D eigenvalue weighted by atomic mass is 9.90. The van der Waals surface area contributed by atoms with Crippen molar-refractivity contribution in [3.05, 3.63) is 45.7 Å². The molecule has 166 valence electrons. The van der Waals surface area contributed by atoms with Crippen LogP contribution in [0.5, 0.6) is 11.5 Å². The number of nitrogens with one attached hydrogen (secondary N) is 1. The zero-order valence-corrected chi connectivity index (χ0v) is 16.6. The maximum atomic E-state index is 13.3. The second-order valence-electron chi connectivity index (χ2n) is 6.85. The van der Waals surface area contributed by atoms with Gasteiger partial charge < -0.3 is 25.6 Å². The van der Waals surface area contributed by atoms with Gasteiger partial charge in [0.05, 0.1) is 26.3 Å². The summed E-state index contributed by atoms with van der Waals surface area (Å²) in [6.07, 6.45) is -4.55. The zero-order chi connectivity index (χ0) is 22.9. The van der Waals surface area contributed by atoms with E-state index in [2.05, 4.69) is 10.4 Å². The quantitative estimate of drug-likeness (QED) is 0.286. The van der Waals surface area contributed by atoms with Crippen molar-refractivity contribution in [3.63, 3.8) is 0 Å². The highest BCUT2D eigenvalue weighted by Gasteiger charge is 2.36. The van der Waals surface area contributed by atoms with Crippen LogP contribution in [0.25, 0.3) is 11.3 Å². The molecule has 1 atom stereocenters. The lowest BCUT2D eigenvalue weighted by molar-refractivity contribution is -0.142. The van der Waals surface area contributed by atoms with Crippen LogP contribution < -0.4 is 31.8 Å². The molecule has 1 amide bonds. The molecule has 3 rings (SSSR count). The number of hydrazone groups is 1. The molecule has 0 bridgehead atoms. The molecule has 9 nitrogen and oxygen atoms in total. The molecule has 5 N–H and O–H groups in total. The smallest absolute Gasteiger partial charge is 0.391 e. The predicted molar refractivity (Wildman–Crippen MR) is 106 cm³/mol. The Morgan fingerprint density at radius 2 is 1.90 bits per heavy atom. The van der Waals surface area contributed by atoms with Gasteiger partial charge in [-0.2, -0.15) is 13.2 Å². The first-order valence-electron chi connectivity index (χ1n) is 9.00. The number of halogens is 3. The predicted octanol–water partition coefficient (Wildman–Crippen LogP) is 1.50. The number of alkyl halides is 3. The Morgan fingerprint density at radius 1 is 1.26 bits per heavy atom. The van der Waals surface area contributed by atoms with E-state index in [1.165, 1.54) is 18.8 Å². The standard InChI is InChI=1S/C19H20F3N5O4/c1-30-15-4-9-3-10(7-19(20,21)22)27-8-12(17(29)25-18(23)26-24)14(28)6-13(27)11(9)5-16(15)31-2/h4-6,8,10H,3,7,24H2,1-2H3,(H3,23,25,26,29). The molecule has 1 aliphatic heterocycles. The minimum atomic E-state index is -4.47. The van der Waals surface area contributed by atoms with Gasteiger partial charge in [0, 0.05) is 23.9 Å². The Bertz CT molecular complexity index is 1110. The normalized spacial score (nSPS) is 15.6. The molecular formula is C19H20F3N5O4. The van der Waals surface area contributed by atoms with Crippen LogP contribution in [-0.2, 0) is 6.42 Å². The highest BCUT2D eigenvalue weighted by Crippen LogP contribution is 2.43. The number of methoxy groups -OCH3 is 2. The van der Waals surface area contributed by atoms with Crippen LogP contribution in [0.4, 0.5) is 13.2 Å². The Kier molecular flexibility index (Phi) is 5.82. The monoisotopic (exact) mass is 439 g/mol. The maximum absolute atomic E-state index is 13.3. The number of nitrogens with two attached hydrogens (primary N) is 2. The SMILES string of the molecule is COc1cc2c(cc1OC)-c1cc(=O)c(C(=O)N/C(N)=N\N)cn1C(CC(F)(F)F)C2. The molecule has 1 aromatic carbocycles. The number of amides is 1. The van der Waals surface area contributed by atoms with Crippen molar-refractivity contribution in [1.29, 1.82) is 0 Å². The van der Waals surface area contributed by atoms with Gasteiger partial charge in [-0.05, 0) is 24.1 Å². The number of hydrogen-bond donors (Lipinski definition) is 3. The number of benzene rings is 1. The molecule has 12 heteroatoms. The number of guanidine groups is 1. The Hall–Kier alpha value is -3.70. The maximum Gasteiger partial charge on any atom is 0.391 e. The number of nitrogens with zero attached hydrogens (tertiary/aromatic N) is 2. The van der Waals surface area contributed by atoms with Crippen LogP contribution in [0.2, 0.25) is 0 Å². The van der Waals surface area contributed by atoms with Crippen molar-refractivity contribution in [2.24, 2.45) is 16.7 Å². The minimum Gasteiger partial charge on any atom is -0.493 e. The number of hydrogen-bond acceptors (Lipinski definition) is 6. The van der Waals surface area contributed by atoms with E-state index < -0.39 is 41.5 Å². The third-order valence-corrected chi connectivity index (χ3v) is 4.91. The van der Waals surface area contributed by atoms with Crippen molar-refractivity contribution in [3.8, 4) is 22.8 Å². The summed E-state index contributed by atoms with van der Waals surface area (Å²) >= 11 is 0. The molecule has 0 aliphatic carbocycles. The molecule has 0 fully saturated rings. The summed E-state index contributed by atoms with van der Waals surface area (Å²) < 4.78 is 51.7. The second kappa shape index (κ2) is 8.20. The van der Waals surface area contributed by atoms with E-state index in [9.17, 15) is 22.8 Å². The van der Waals surface area contributed by atoms with Crippen LogP contribution in [0.15, 0.2) is 34.3 Å². The van der Waals surface area contributed by atoms with E-state index in [0.29, 0.717) is 22.6 Å². The summed E-state index contributed by atoms with van der Waals surface area (Å²) in [6.45, 7) is 0. The molecule has 1 aliphatic rings. The van der Waals surface area contributed by atoms with Gasteiger partial charge in [-0.3, -0.25) is 14.9 Å². The van der Waals surface area contributed by atoms with Crippen LogP contribution in [-0.4, -0.2) is 36.8 Å². The van der Waals surface area contributed by atoms with Gasteiger partial charge in [0.15, 0.2) is 16.9 Å². The van der Waals surface area contributed by atoms with Gasteiger partial charge in [-0.25, -0.2) is 0 Å². The molecular weight excluding hydrogens is 419 g/mol. The van der Waals surface area contributed by atoms with Crippen molar-refractivity contribution in [2.45, 2.75) is 25.1 Å². The summed E-state index contributed by atoms with van der Waals surface area (Å²) in [7, 11) is 2.84. The van der Waals surface area contributed by atoms with Crippen molar-refractivity contribution in [1.82, 2.24) is 9.88 Å². The van der Waals surface area contributed by atoms with E-state index >= 15 is 0 Å². The fraction of sp³-hybridized carbons (Fsp3) is 0.316. The average Bonchev–Trinajstić information content (AvgIpc) is 2.71. The van der Waals surface area contributed by atoms with Crippen molar-refractivity contribution in [2.75, 3.05) is 14.2 Å². The van der Waals surface area contributed by atoms with E-state index in [1.54, 1.807) is 12.1 Å². The first kappa shape index (κ1) is 22.0. The van der Waals surface area contributed by atoms with E-state index in [-0.39, 0.29) is 12.1 Å². The molecule has 1 aromatic heterocycles. The molecule has 2 heterocycles. The van der Waals surface area contributed by atoms with Gasteiger partial charge in [-0.15, -0.1) is 5.10 Å². The van der Waals surface area contributed by atoms with E-state index in [0.717, 1.165) is 12.3 Å². The summed E-state index contributed by atoms with van der Waals surface area (Å²) in [4.78, 5) is 25.0. The number of pyridine rings is 1. The summed E-state index contributed by atoms with van der Waals surface area (Å²) in [5.41, 5.74) is 5.52. The number of carbonyl (C=O) groups excluding carboxylic acids is 1. The first-order valence-corrected chi connectivity index (χ1v) is 9.00. The molecule has 0 radical (unpaired) electrons. The average molecular weight is 439 g/mol. The third kappa shape index (κ3) is 4.42.